The van der Waals surface area contributed by atoms with Crippen molar-refractivity contribution in [1.82, 2.24) is 9.78 Å². The summed E-state index contributed by atoms with van der Waals surface area (Å²) in [7, 11) is 0. The van der Waals surface area contributed by atoms with Gasteiger partial charge in [-0.1, -0.05) is 12.1 Å². The number of hydrogen-bond donors (Lipinski definition) is 3. The second-order valence-electron chi connectivity index (χ2n) is 5.38. The van der Waals surface area contributed by atoms with E-state index in [1.54, 1.807) is 0 Å². The van der Waals surface area contributed by atoms with Crippen LogP contribution in [0.25, 0.3) is 16.9 Å². The molecule has 0 unspecified atom stereocenters. The molecule has 3 N–H and O–H groups in total. The van der Waals surface area contributed by atoms with Gasteiger partial charge in [0.1, 0.15) is 11.3 Å². The topological polar surface area (TPSA) is 130 Å². The molecule has 1 aromatic heterocycles. The van der Waals surface area contributed by atoms with Crippen LogP contribution in [0.3, 0.4) is 0 Å². The van der Waals surface area contributed by atoms with Gasteiger partial charge >= 0.3 is 17.9 Å². The molecule has 2 aromatic carbocycles. The van der Waals surface area contributed by atoms with Crippen LogP contribution in [-0.2, 0) is 0 Å². The van der Waals surface area contributed by atoms with Gasteiger partial charge < -0.3 is 15.3 Å². The summed E-state index contributed by atoms with van der Waals surface area (Å²) in [5.74, 6) is -3.34. The first-order valence-corrected chi connectivity index (χ1v) is 7.37. The van der Waals surface area contributed by atoms with Crippen molar-refractivity contribution in [3.63, 3.8) is 0 Å². The van der Waals surface area contributed by atoms with Crippen LogP contribution in [0.5, 0.6) is 0 Å². The summed E-state index contributed by atoms with van der Waals surface area (Å²) < 4.78 is 1.33. The van der Waals surface area contributed by atoms with Crippen molar-refractivity contribution >= 4 is 17.9 Å². The standard InChI is InChI=1S/C18H12N2O6/c21-16(22)11-3-1-10(2-4-11)15-14(18(25)26)9-20(19-15)13-7-5-12(6-8-13)17(23)24/h1-9H,(H,21,22)(H,23,24)(H,25,26). The predicted octanol–water partition coefficient (Wildman–Crippen LogP) is 2.63. The molecule has 0 amide bonds. The zero-order valence-corrected chi connectivity index (χ0v) is 13.2. The highest BCUT2D eigenvalue weighted by Crippen LogP contribution is 2.24. The maximum absolute atomic E-state index is 11.5. The van der Waals surface area contributed by atoms with Crippen LogP contribution < -0.4 is 0 Å². The maximum atomic E-state index is 11.5. The monoisotopic (exact) mass is 352 g/mol. The van der Waals surface area contributed by atoms with E-state index in [0.717, 1.165) is 0 Å². The third kappa shape index (κ3) is 3.16. The lowest BCUT2D eigenvalue weighted by Gasteiger charge is -2.02. The third-order valence-electron chi connectivity index (χ3n) is 3.73. The first-order valence-electron chi connectivity index (χ1n) is 7.37. The first-order chi connectivity index (χ1) is 12.4. The quantitative estimate of drug-likeness (QED) is 0.643. The average Bonchev–Trinajstić information content (AvgIpc) is 3.07. The minimum Gasteiger partial charge on any atom is -0.478 e. The molecular formula is C18H12N2O6. The molecule has 26 heavy (non-hydrogen) atoms. The Bertz CT molecular complexity index is 1000. The summed E-state index contributed by atoms with van der Waals surface area (Å²) in [5, 5.41) is 31.6. The third-order valence-corrected chi connectivity index (χ3v) is 3.73. The smallest absolute Gasteiger partial charge is 0.339 e. The molecule has 0 saturated heterocycles. The van der Waals surface area contributed by atoms with Gasteiger partial charge in [0.05, 0.1) is 16.8 Å². The number of carbonyl (C=O) groups is 3. The molecule has 3 rings (SSSR count). The van der Waals surface area contributed by atoms with Crippen molar-refractivity contribution < 1.29 is 29.7 Å². The molecule has 0 radical (unpaired) electrons. The zero-order valence-electron chi connectivity index (χ0n) is 13.2. The molecule has 0 bridgehead atoms. The van der Waals surface area contributed by atoms with Gasteiger partial charge in [-0.05, 0) is 36.4 Å². The number of hydrogen-bond acceptors (Lipinski definition) is 4. The Labute approximate surface area is 146 Å². The van der Waals surface area contributed by atoms with Crippen LogP contribution in [0.1, 0.15) is 31.1 Å². The molecule has 0 atom stereocenters. The van der Waals surface area contributed by atoms with Crippen LogP contribution in [0.2, 0.25) is 0 Å². The number of aromatic carboxylic acids is 3. The largest absolute Gasteiger partial charge is 0.478 e. The lowest BCUT2D eigenvalue weighted by atomic mass is 10.1. The molecule has 0 aliphatic heterocycles. The summed E-state index contributed by atoms with van der Waals surface area (Å²) in [6.45, 7) is 0. The lowest BCUT2D eigenvalue weighted by Crippen LogP contribution is -1.99. The van der Waals surface area contributed by atoms with Gasteiger partial charge in [0.25, 0.3) is 0 Å². The molecule has 0 spiro atoms. The van der Waals surface area contributed by atoms with E-state index < -0.39 is 17.9 Å². The molecule has 0 aliphatic rings. The van der Waals surface area contributed by atoms with Crippen molar-refractivity contribution in [2.24, 2.45) is 0 Å². The number of rotatable bonds is 5. The molecule has 1 heterocycles. The fourth-order valence-corrected chi connectivity index (χ4v) is 2.40. The summed E-state index contributed by atoms with van der Waals surface area (Å²) in [4.78, 5) is 33.4. The number of aromatic nitrogens is 2. The molecule has 130 valence electrons. The van der Waals surface area contributed by atoms with Gasteiger partial charge in [0, 0.05) is 11.8 Å². The van der Waals surface area contributed by atoms with Gasteiger partial charge in [-0.15, -0.1) is 0 Å². The van der Waals surface area contributed by atoms with E-state index in [0.29, 0.717) is 11.3 Å². The summed E-state index contributed by atoms with van der Waals surface area (Å²) >= 11 is 0. The number of carboxylic acid groups (broad SMARTS) is 3. The normalized spacial score (nSPS) is 10.5. The molecule has 8 nitrogen and oxygen atoms in total. The SMILES string of the molecule is O=C(O)c1ccc(-c2nn(-c3ccc(C(=O)O)cc3)cc2C(=O)O)cc1. The Morgan fingerprint density at radius 3 is 1.69 bits per heavy atom. The fraction of sp³-hybridized carbons (Fsp3) is 0. The lowest BCUT2D eigenvalue weighted by molar-refractivity contribution is 0.0686. The highest BCUT2D eigenvalue weighted by Gasteiger charge is 2.18. The molecule has 8 heteroatoms. The van der Waals surface area contributed by atoms with Gasteiger partial charge in [0.2, 0.25) is 0 Å². The highest BCUT2D eigenvalue weighted by atomic mass is 16.4. The number of nitrogens with zero attached hydrogens (tertiary/aromatic N) is 2. The second kappa shape index (κ2) is 6.52. The van der Waals surface area contributed by atoms with E-state index in [9.17, 15) is 19.5 Å². The number of benzene rings is 2. The van der Waals surface area contributed by atoms with E-state index in [1.165, 1.54) is 59.4 Å². The fourth-order valence-electron chi connectivity index (χ4n) is 2.40. The average molecular weight is 352 g/mol. The predicted molar refractivity (Wildman–Crippen MR) is 89.9 cm³/mol. The molecular weight excluding hydrogens is 340 g/mol. The van der Waals surface area contributed by atoms with E-state index in [4.69, 9.17) is 10.2 Å². The summed E-state index contributed by atoms with van der Waals surface area (Å²) in [6.07, 6.45) is 1.32. The minimum atomic E-state index is -1.18. The van der Waals surface area contributed by atoms with Crippen LogP contribution in [0.4, 0.5) is 0 Å². The van der Waals surface area contributed by atoms with Crippen LogP contribution in [0.15, 0.2) is 54.7 Å². The number of carboxylic acids is 3. The maximum Gasteiger partial charge on any atom is 0.339 e. The van der Waals surface area contributed by atoms with Crippen molar-refractivity contribution in [3.8, 4) is 16.9 Å². The first kappa shape index (κ1) is 16.9. The summed E-state index contributed by atoms with van der Waals surface area (Å²) in [6, 6.07) is 11.5. The second-order valence-corrected chi connectivity index (χ2v) is 5.38. The molecule has 3 aromatic rings. The van der Waals surface area contributed by atoms with E-state index >= 15 is 0 Å². The summed E-state index contributed by atoms with van der Waals surface area (Å²) in [5.41, 5.74) is 1.24. The van der Waals surface area contributed by atoms with Gasteiger partial charge in [0.15, 0.2) is 0 Å². The van der Waals surface area contributed by atoms with Crippen LogP contribution in [-0.4, -0.2) is 43.0 Å². The van der Waals surface area contributed by atoms with Crippen LogP contribution >= 0.6 is 0 Å². The highest BCUT2D eigenvalue weighted by molar-refractivity contribution is 5.95. The van der Waals surface area contributed by atoms with E-state index in [1.807, 2.05) is 0 Å². The van der Waals surface area contributed by atoms with E-state index in [2.05, 4.69) is 5.10 Å². The Morgan fingerprint density at radius 2 is 1.23 bits per heavy atom. The molecule has 0 aliphatic carbocycles. The Kier molecular flexibility index (Phi) is 4.24. The van der Waals surface area contributed by atoms with Crippen LogP contribution in [0, 0.1) is 0 Å². The van der Waals surface area contributed by atoms with Crippen molar-refractivity contribution in [2.45, 2.75) is 0 Å². The Balaban J connectivity index is 2.05. The van der Waals surface area contributed by atoms with Gasteiger partial charge in [-0.2, -0.15) is 5.10 Å². The van der Waals surface area contributed by atoms with E-state index in [-0.39, 0.29) is 22.4 Å². The van der Waals surface area contributed by atoms with Crippen molar-refractivity contribution in [2.75, 3.05) is 0 Å². The van der Waals surface area contributed by atoms with Gasteiger partial charge in [-0.3, -0.25) is 0 Å². The Morgan fingerprint density at radius 1 is 0.731 bits per heavy atom. The van der Waals surface area contributed by atoms with Gasteiger partial charge in [-0.25, -0.2) is 19.1 Å². The van der Waals surface area contributed by atoms with Crippen molar-refractivity contribution in [1.29, 1.82) is 0 Å². The minimum absolute atomic E-state index is 0.0598. The van der Waals surface area contributed by atoms with Crippen molar-refractivity contribution in [3.05, 3.63) is 71.4 Å². The Hall–Kier alpha value is -3.94. The molecule has 0 fully saturated rings. The zero-order chi connectivity index (χ0) is 18.8. The molecule has 0 saturated carbocycles.